The van der Waals surface area contributed by atoms with Gasteiger partial charge in [-0.15, -0.1) is 0 Å². The highest BCUT2D eigenvalue weighted by Crippen LogP contribution is 2.24. The van der Waals surface area contributed by atoms with E-state index in [1.54, 1.807) is 0 Å². The zero-order valence-corrected chi connectivity index (χ0v) is 8.44. The second-order valence-electron chi connectivity index (χ2n) is 3.14. The minimum absolute atomic E-state index is 0.215. The molecule has 0 aliphatic heterocycles. The first-order valence-corrected chi connectivity index (χ1v) is 4.89. The summed E-state index contributed by atoms with van der Waals surface area (Å²) < 4.78 is 5.49. The van der Waals surface area contributed by atoms with Crippen LogP contribution in [-0.2, 0) is 0 Å². The molecule has 3 nitrogen and oxygen atoms in total. The fourth-order valence-corrected chi connectivity index (χ4v) is 1.23. The van der Waals surface area contributed by atoms with Crippen LogP contribution in [0.4, 0.5) is 0 Å². The molecule has 1 rings (SSSR count). The number of aliphatic hydroxyl groups excluding tert-OH is 1. The van der Waals surface area contributed by atoms with E-state index in [0.717, 1.165) is 17.7 Å². The average Bonchev–Trinajstić information content (AvgIpc) is 2.25. The Labute approximate surface area is 84.5 Å². The Morgan fingerprint density at radius 3 is 2.79 bits per heavy atom. The second-order valence-corrected chi connectivity index (χ2v) is 3.14. The molecule has 0 fully saturated rings. The number of rotatable bonds is 5. The molecule has 3 N–H and O–H groups in total. The number of aliphatic hydroxyl groups is 1. The van der Waals surface area contributed by atoms with Gasteiger partial charge >= 0.3 is 0 Å². The number of hydrogen-bond donors (Lipinski definition) is 2. The van der Waals surface area contributed by atoms with Crippen LogP contribution in [0.15, 0.2) is 24.3 Å². The molecule has 0 aliphatic carbocycles. The van der Waals surface area contributed by atoms with Crippen molar-refractivity contribution in [3.8, 4) is 5.75 Å². The summed E-state index contributed by atoms with van der Waals surface area (Å²) >= 11 is 0. The van der Waals surface area contributed by atoms with E-state index in [2.05, 4.69) is 0 Å². The lowest BCUT2D eigenvalue weighted by Crippen LogP contribution is -2.13. The average molecular weight is 195 g/mol. The van der Waals surface area contributed by atoms with E-state index >= 15 is 0 Å². The maximum Gasteiger partial charge on any atom is 0.125 e. The summed E-state index contributed by atoms with van der Waals surface area (Å²) in [6.45, 7) is 2.92. The van der Waals surface area contributed by atoms with Crippen molar-refractivity contribution in [2.45, 2.75) is 19.4 Å². The van der Waals surface area contributed by atoms with Crippen molar-refractivity contribution in [2.24, 2.45) is 5.73 Å². The predicted octanol–water partition coefficient (Wildman–Crippen LogP) is 1.47. The first-order valence-electron chi connectivity index (χ1n) is 4.89. The van der Waals surface area contributed by atoms with Crippen LogP contribution in [0.1, 0.15) is 25.0 Å². The Bertz CT molecular complexity index is 276. The molecule has 0 spiro atoms. The molecule has 0 aromatic heterocycles. The van der Waals surface area contributed by atoms with E-state index < -0.39 is 6.10 Å². The summed E-state index contributed by atoms with van der Waals surface area (Å²) in [5.41, 5.74) is 6.16. The number of ether oxygens (including phenoxy) is 1. The van der Waals surface area contributed by atoms with Crippen LogP contribution in [0.5, 0.6) is 5.75 Å². The van der Waals surface area contributed by atoms with Crippen LogP contribution < -0.4 is 10.5 Å². The highest BCUT2D eigenvalue weighted by atomic mass is 16.5. The summed E-state index contributed by atoms with van der Waals surface area (Å²) in [6.07, 6.45) is 0.315. The van der Waals surface area contributed by atoms with Crippen molar-refractivity contribution in [1.82, 2.24) is 0 Å². The van der Waals surface area contributed by atoms with Crippen LogP contribution in [0, 0.1) is 0 Å². The maximum absolute atomic E-state index is 9.60. The van der Waals surface area contributed by atoms with Crippen molar-refractivity contribution in [1.29, 1.82) is 0 Å². The third kappa shape index (κ3) is 2.72. The molecule has 3 heteroatoms. The molecule has 1 aromatic carbocycles. The van der Waals surface area contributed by atoms with Gasteiger partial charge in [-0.05, 0) is 12.5 Å². The van der Waals surface area contributed by atoms with Gasteiger partial charge in [-0.25, -0.2) is 0 Å². The normalized spacial score (nSPS) is 12.5. The molecular weight excluding hydrogens is 178 g/mol. The van der Waals surface area contributed by atoms with E-state index in [9.17, 15) is 5.11 Å². The molecule has 0 heterocycles. The molecule has 1 atom stereocenters. The smallest absolute Gasteiger partial charge is 0.125 e. The molecule has 0 aliphatic rings. The van der Waals surface area contributed by atoms with Crippen LogP contribution in [-0.4, -0.2) is 18.3 Å². The van der Waals surface area contributed by atoms with Crippen LogP contribution in [0.25, 0.3) is 0 Å². The minimum atomic E-state index is -0.636. The summed E-state index contributed by atoms with van der Waals surface area (Å²) in [7, 11) is 0. The van der Waals surface area contributed by atoms with Crippen LogP contribution in [0.3, 0.4) is 0 Å². The summed E-state index contributed by atoms with van der Waals surface area (Å²) in [5, 5.41) is 9.60. The molecule has 1 aromatic rings. The first-order chi connectivity index (χ1) is 6.79. The molecule has 0 radical (unpaired) electrons. The van der Waals surface area contributed by atoms with Crippen LogP contribution in [0.2, 0.25) is 0 Å². The Balaban J connectivity index is 2.79. The number of para-hydroxylation sites is 1. The summed E-state index contributed by atoms with van der Waals surface area (Å²) in [4.78, 5) is 0. The molecule has 0 bridgehead atoms. The Morgan fingerprint density at radius 2 is 2.14 bits per heavy atom. The third-order valence-corrected chi connectivity index (χ3v) is 1.96. The van der Waals surface area contributed by atoms with Crippen molar-refractivity contribution in [2.75, 3.05) is 13.2 Å². The number of nitrogens with two attached hydrogens (primary N) is 1. The predicted molar refractivity (Wildman–Crippen MR) is 56.2 cm³/mol. The van der Waals surface area contributed by atoms with Crippen molar-refractivity contribution >= 4 is 0 Å². The highest BCUT2D eigenvalue weighted by Gasteiger charge is 2.10. The Hall–Kier alpha value is -1.06. The quantitative estimate of drug-likeness (QED) is 0.748. The van der Waals surface area contributed by atoms with Gasteiger partial charge in [0.25, 0.3) is 0 Å². The van der Waals surface area contributed by atoms with E-state index in [-0.39, 0.29) is 6.54 Å². The molecule has 0 saturated heterocycles. The molecule has 0 saturated carbocycles. The summed E-state index contributed by atoms with van der Waals surface area (Å²) in [5.74, 6) is 0.729. The standard InChI is InChI=1S/C11H17NO2/c1-2-7-14-11-6-4-3-5-9(11)10(13)8-12/h3-6,10,13H,2,7-8,12H2,1H3/t10-/m0/s1. The van der Waals surface area contributed by atoms with E-state index in [1.807, 2.05) is 31.2 Å². The monoisotopic (exact) mass is 195 g/mol. The Kier molecular flexibility index (Phi) is 4.43. The maximum atomic E-state index is 9.60. The molecular formula is C11H17NO2. The lowest BCUT2D eigenvalue weighted by Gasteiger charge is -2.14. The van der Waals surface area contributed by atoms with Crippen molar-refractivity contribution in [3.63, 3.8) is 0 Å². The molecule has 14 heavy (non-hydrogen) atoms. The zero-order chi connectivity index (χ0) is 10.4. The Morgan fingerprint density at radius 1 is 1.43 bits per heavy atom. The SMILES string of the molecule is CCCOc1ccccc1[C@@H](O)CN. The van der Waals surface area contributed by atoms with Gasteiger partial charge in [-0.3, -0.25) is 0 Å². The van der Waals surface area contributed by atoms with Gasteiger partial charge in [0.05, 0.1) is 12.7 Å². The van der Waals surface area contributed by atoms with Crippen molar-refractivity contribution in [3.05, 3.63) is 29.8 Å². The molecule has 0 unspecified atom stereocenters. The molecule has 78 valence electrons. The zero-order valence-electron chi connectivity index (χ0n) is 8.44. The first kappa shape index (κ1) is 11.0. The topological polar surface area (TPSA) is 55.5 Å². The largest absolute Gasteiger partial charge is 0.493 e. The number of benzene rings is 1. The van der Waals surface area contributed by atoms with Gasteiger partial charge in [0.15, 0.2) is 0 Å². The third-order valence-electron chi connectivity index (χ3n) is 1.96. The fourth-order valence-electron chi connectivity index (χ4n) is 1.23. The van der Waals surface area contributed by atoms with Gasteiger partial charge < -0.3 is 15.6 Å². The summed E-state index contributed by atoms with van der Waals surface area (Å²) in [6, 6.07) is 7.44. The highest BCUT2D eigenvalue weighted by molar-refractivity contribution is 5.35. The minimum Gasteiger partial charge on any atom is -0.493 e. The van der Waals surface area contributed by atoms with Gasteiger partial charge in [0, 0.05) is 12.1 Å². The second kappa shape index (κ2) is 5.62. The fraction of sp³-hybridized carbons (Fsp3) is 0.455. The van der Waals surface area contributed by atoms with Gasteiger partial charge in [-0.2, -0.15) is 0 Å². The van der Waals surface area contributed by atoms with Gasteiger partial charge in [-0.1, -0.05) is 25.1 Å². The lowest BCUT2D eigenvalue weighted by molar-refractivity contribution is 0.179. The van der Waals surface area contributed by atoms with E-state index in [4.69, 9.17) is 10.5 Å². The lowest BCUT2D eigenvalue weighted by atomic mass is 10.1. The number of hydrogen-bond acceptors (Lipinski definition) is 3. The van der Waals surface area contributed by atoms with Crippen LogP contribution >= 0.6 is 0 Å². The van der Waals surface area contributed by atoms with Crippen molar-refractivity contribution < 1.29 is 9.84 Å². The van der Waals surface area contributed by atoms with E-state index in [1.165, 1.54) is 0 Å². The van der Waals surface area contributed by atoms with Gasteiger partial charge in [0.1, 0.15) is 5.75 Å². The molecule has 0 amide bonds. The van der Waals surface area contributed by atoms with Gasteiger partial charge in [0.2, 0.25) is 0 Å². The van der Waals surface area contributed by atoms with E-state index in [0.29, 0.717) is 6.61 Å².